The summed E-state index contributed by atoms with van der Waals surface area (Å²) in [4.78, 5) is 21.1. The van der Waals surface area contributed by atoms with E-state index < -0.39 is 0 Å². The van der Waals surface area contributed by atoms with E-state index in [1.165, 1.54) is 0 Å². The number of H-pyrrole nitrogens is 1. The molecule has 0 spiro atoms. The van der Waals surface area contributed by atoms with E-state index in [9.17, 15) is 4.79 Å². The molecular weight excluding hydrogens is 318 g/mol. The normalized spacial score (nSPS) is 11.2. The summed E-state index contributed by atoms with van der Waals surface area (Å²) in [5, 5.41) is 4.16. The molecule has 0 aliphatic carbocycles. The number of para-hydroxylation sites is 2. The van der Waals surface area contributed by atoms with Crippen LogP contribution in [0.4, 0.5) is 0 Å². The van der Waals surface area contributed by atoms with Crippen molar-refractivity contribution in [1.29, 1.82) is 0 Å². The Kier molecular flexibility index (Phi) is 3.78. The molecule has 0 fully saturated rings. The predicted octanol–water partition coefficient (Wildman–Crippen LogP) is 4.06. The Bertz CT molecular complexity index is 998. The van der Waals surface area contributed by atoms with Crippen LogP contribution >= 0.6 is 11.3 Å². The molecule has 2 aromatic heterocycles. The Labute approximate surface area is 143 Å². The minimum atomic E-state index is -0.00943. The van der Waals surface area contributed by atoms with E-state index in [-0.39, 0.29) is 5.91 Å². The number of hydrogen-bond donors (Lipinski definition) is 2. The van der Waals surface area contributed by atoms with E-state index in [1.807, 2.05) is 43.3 Å². The van der Waals surface area contributed by atoms with Gasteiger partial charge in [0.15, 0.2) is 0 Å². The molecule has 1 amide bonds. The number of amides is 1. The number of hydrogen-bond acceptors (Lipinski definition) is 3. The van der Waals surface area contributed by atoms with Crippen molar-refractivity contribution in [2.45, 2.75) is 13.3 Å². The van der Waals surface area contributed by atoms with Crippen molar-refractivity contribution in [3.63, 3.8) is 0 Å². The van der Waals surface area contributed by atoms with E-state index in [0.717, 1.165) is 37.4 Å². The van der Waals surface area contributed by atoms with Crippen LogP contribution in [0.2, 0.25) is 0 Å². The zero-order valence-corrected chi connectivity index (χ0v) is 14.1. The van der Waals surface area contributed by atoms with Crippen molar-refractivity contribution >= 4 is 38.4 Å². The van der Waals surface area contributed by atoms with E-state index in [2.05, 4.69) is 27.4 Å². The molecule has 0 aliphatic heterocycles. The lowest BCUT2D eigenvalue weighted by molar-refractivity contribution is 0.0957. The van der Waals surface area contributed by atoms with Crippen molar-refractivity contribution in [2.75, 3.05) is 6.54 Å². The van der Waals surface area contributed by atoms with Gasteiger partial charge in [0.05, 0.1) is 15.9 Å². The quantitative estimate of drug-likeness (QED) is 0.591. The molecule has 0 saturated heterocycles. The van der Waals surface area contributed by atoms with Gasteiger partial charge >= 0.3 is 0 Å². The third-order valence-corrected chi connectivity index (χ3v) is 5.41. The summed E-state index contributed by atoms with van der Waals surface area (Å²) in [5.74, 6) is 0.884. The molecule has 0 saturated carbocycles. The number of nitrogens with one attached hydrogen (secondary N) is 2. The Balaban J connectivity index is 1.45. The molecule has 2 heterocycles. The number of rotatable bonds is 4. The third kappa shape index (κ3) is 2.67. The van der Waals surface area contributed by atoms with Gasteiger partial charge in [0.2, 0.25) is 0 Å². The van der Waals surface area contributed by atoms with Crippen LogP contribution in [0, 0.1) is 6.92 Å². The summed E-state index contributed by atoms with van der Waals surface area (Å²) in [5.41, 5.74) is 3.04. The van der Waals surface area contributed by atoms with Crippen molar-refractivity contribution in [2.24, 2.45) is 0 Å². The number of carbonyl (C=O) groups is 1. The molecule has 0 atom stereocenters. The Hall–Kier alpha value is -2.66. The van der Waals surface area contributed by atoms with Gasteiger partial charge < -0.3 is 10.3 Å². The van der Waals surface area contributed by atoms with Gasteiger partial charge in [0.1, 0.15) is 5.82 Å². The van der Waals surface area contributed by atoms with Crippen LogP contribution in [-0.2, 0) is 6.42 Å². The fraction of sp³-hybridized carbons (Fsp3) is 0.158. The van der Waals surface area contributed by atoms with Crippen molar-refractivity contribution in [3.05, 3.63) is 64.8 Å². The first-order valence-electron chi connectivity index (χ1n) is 7.92. The average molecular weight is 335 g/mol. The van der Waals surface area contributed by atoms with Crippen LogP contribution < -0.4 is 5.32 Å². The van der Waals surface area contributed by atoms with Gasteiger partial charge in [-0.3, -0.25) is 4.79 Å². The molecule has 2 aromatic carbocycles. The second-order valence-corrected chi connectivity index (χ2v) is 6.81. The first kappa shape index (κ1) is 14.9. The fourth-order valence-corrected chi connectivity index (χ4v) is 4.02. The smallest absolute Gasteiger partial charge is 0.261 e. The highest BCUT2D eigenvalue weighted by molar-refractivity contribution is 7.21. The monoisotopic (exact) mass is 335 g/mol. The van der Waals surface area contributed by atoms with Crippen molar-refractivity contribution in [3.8, 4) is 0 Å². The van der Waals surface area contributed by atoms with E-state index in [4.69, 9.17) is 0 Å². The third-order valence-electron chi connectivity index (χ3n) is 4.14. The minimum Gasteiger partial charge on any atom is -0.351 e. The molecule has 0 radical (unpaired) electrons. The molecule has 0 aliphatic rings. The topological polar surface area (TPSA) is 57.8 Å². The largest absolute Gasteiger partial charge is 0.351 e. The van der Waals surface area contributed by atoms with E-state index >= 15 is 0 Å². The van der Waals surface area contributed by atoms with Gasteiger partial charge in [0, 0.05) is 17.7 Å². The van der Waals surface area contributed by atoms with Crippen LogP contribution in [-0.4, -0.2) is 22.4 Å². The summed E-state index contributed by atoms with van der Waals surface area (Å²) >= 11 is 1.55. The van der Waals surface area contributed by atoms with Crippen LogP contribution in [0.25, 0.3) is 21.1 Å². The van der Waals surface area contributed by atoms with Crippen LogP contribution in [0.1, 0.15) is 21.1 Å². The Morgan fingerprint density at radius 3 is 2.79 bits per heavy atom. The molecule has 4 rings (SSSR count). The summed E-state index contributed by atoms with van der Waals surface area (Å²) in [6, 6.07) is 16.1. The lowest BCUT2D eigenvalue weighted by Crippen LogP contribution is -2.25. The number of nitrogens with zero attached hydrogens (tertiary/aromatic N) is 1. The maximum Gasteiger partial charge on any atom is 0.261 e. The number of aromatic nitrogens is 2. The van der Waals surface area contributed by atoms with Gasteiger partial charge in [-0.15, -0.1) is 11.3 Å². The lowest BCUT2D eigenvalue weighted by Gasteiger charge is -2.03. The van der Waals surface area contributed by atoms with Crippen LogP contribution in [0.3, 0.4) is 0 Å². The SMILES string of the molecule is Cc1c(C(=O)NCCc2nc3ccccc3[nH]2)sc2ccccc12. The highest BCUT2D eigenvalue weighted by Gasteiger charge is 2.14. The highest BCUT2D eigenvalue weighted by atomic mass is 32.1. The van der Waals surface area contributed by atoms with E-state index in [0.29, 0.717) is 13.0 Å². The first-order valence-corrected chi connectivity index (χ1v) is 8.74. The standard InChI is InChI=1S/C19H17N3OS/c1-12-13-6-2-5-9-16(13)24-18(12)19(23)20-11-10-17-21-14-7-3-4-8-15(14)22-17/h2-9H,10-11H2,1H3,(H,20,23)(H,21,22). The number of thiophene rings is 1. The van der Waals surface area contributed by atoms with Crippen molar-refractivity contribution in [1.82, 2.24) is 15.3 Å². The maximum atomic E-state index is 12.5. The summed E-state index contributed by atoms with van der Waals surface area (Å²) in [6.07, 6.45) is 0.685. The predicted molar refractivity (Wildman–Crippen MR) is 98.7 cm³/mol. The van der Waals surface area contributed by atoms with E-state index in [1.54, 1.807) is 11.3 Å². The van der Waals surface area contributed by atoms with Gasteiger partial charge in [0.25, 0.3) is 5.91 Å². The molecular formula is C19H17N3OS. The second-order valence-electron chi connectivity index (χ2n) is 5.76. The lowest BCUT2D eigenvalue weighted by atomic mass is 10.1. The fourth-order valence-electron chi connectivity index (χ4n) is 2.89. The molecule has 24 heavy (non-hydrogen) atoms. The summed E-state index contributed by atoms with van der Waals surface area (Å²) < 4.78 is 1.15. The molecule has 5 heteroatoms. The molecule has 4 aromatic rings. The molecule has 4 nitrogen and oxygen atoms in total. The number of carbonyl (C=O) groups excluding carboxylic acids is 1. The average Bonchev–Trinajstić information content (AvgIpc) is 3.16. The molecule has 2 N–H and O–H groups in total. The first-order chi connectivity index (χ1) is 11.7. The second kappa shape index (κ2) is 6.09. The zero-order chi connectivity index (χ0) is 16.5. The van der Waals surface area contributed by atoms with Gasteiger partial charge in [-0.25, -0.2) is 4.98 Å². The zero-order valence-electron chi connectivity index (χ0n) is 13.3. The van der Waals surface area contributed by atoms with Crippen molar-refractivity contribution < 1.29 is 4.79 Å². The highest BCUT2D eigenvalue weighted by Crippen LogP contribution is 2.30. The molecule has 0 bridgehead atoms. The van der Waals surface area contributed by atoms with Gasteiger partial charge in [-0.1, -0.05) is 30.3 Å². The number of benzene rings is 2. The van der Waals surface area contributed by atoms with Gasteiger partial charge in [-0.05, 0) is 36.1 Å². The molecule has 120 valence electrons. The minimum absolute atomic E-state index is 0.00943. The Morgan fingerprint density at radius 1 is 1.17 bits per heavy atom. The number of fused-ring (bicyclic) bond motifs is 2. The molecule has 0 unspecified atom stereocenters. The maximum absolute atomic E-state index is 12.5. The Morgan fingerprint density at radius 2 is 1.96 bits per heavy atom. The summed E-state index contributed by atoms with van der Waals surface area (Å²) in [7, 11) is 0. The van der Waals surface area contributed by atoms with Gasteiger partial charge in [-0.2, -0.15) is 0 Å². The van der Waals surface area contributed by atoms with Crippen LogP contribution in [0.5, 0.6) is 0 Å². The number of aromatic amines is 1. The number of aryl methyl sites for hydroxylation is 1. The van der Waals surface area contributed by atoms with Crippen LogP contribution in [0.15, 0.2) is 48.5 Å². The number of imidazole rings is 1. The summed E-state index contributed by atoms with van der Waals surface area (Å²) in [6.45, 7) is 2.57.